The van der Waals surface area contributed by atoms with Crippen molar-refractivity contribution in [1.82, 2.24) is 3.71 Å². The van der Waals surface area contributed by atoms with Gasteiger partial charge in [0.05, 0.1) is 5.66 Å². The molecule has 0 rings (SSSR count). The lowest BCUT2D eigenvalue weighted by Crippen LogP contribution is -2.63. The summed E-state index contributed by atoms with van der Waals surface area (Å²) in [5.74, 6) is 0. The van der Waals surface area contributed by atoms with Crippen LogP contribution in [-0.4, -0.2) is 37.2 Å². The molecule has 14 heteroatoms. The molecule has 6 nitrogen and oxygen atoms in total. The first kappa shape index (κ1) is 20.4. The predicted molar refractivity (Wildman–Crippen MR) is 59.3 cm³/mol. The van der Waals surface area contributed by atoms with Gasteiger partial charge in [0.25, 0.3) is 0 Å². The van der Waals surface area contributed by atoms with E-state index in [1.54, 1.807) is 0 Å². The SMILES string of the molecule is CCCC(C)(N)N(S(=O)(=O)C(F)(F)F)S(=O)(=O)C(F)(F)F. The van der Waals surface area contributed by atoms with Crippen LogP contribution in [0.3, 0.4) is 0 Å². The van der Waals surface area contributed by atoms with Gasteiger partial charge in [-0.3, -0.25) is 0 Å². The van der Waals surface area contributed by atoms with Crippen LogP contribution >= 0.6 is 0 Å². The van der Waals surface area contributed by atoms with Crippen LogP contribution in [0, 0.1) is 0 Å². The number of rotatable bonds is 5. The van der Waals surface area contributed by atoms with Crippen LogP contribution in [0.4, 0.5) is 26.3 Å². The maximum Gasteiger partial charge on any atom is 0.512 e. The summed E-state index contributed by atoms with van der Waals surface area (Å²) >= 11 is 0. The minimum absolute atomic E-state index is 0.162. The highest BCUT2D eigenvalue weighted by Crippen LogP contribution is 2.39. The van der Waals surface area contributed by atoms with E-state index in [4.69, 9.17) is 5.73 Å². The number of halogens is 6. The third-order valence-electron chi connectivity index (χ3n) is 2.19. The summed E-state index contributed by atoms with van der Waals surface area (Å²) in [6.07, 6.45) is -0.915. The monoisotopic (exact) mass is 366 g/mol. The van der Waals surface area contributed by atoms with Crippen LogP contribution in [0.25, 0.3) is 0 Å². The molecule has 128 valence electrons. The second-order valence-corrected chi connectivity index (χ2v) is 7.99. The highest BCUT2D eigenvalue weighted by molar-refractivity contribution is 8.04. The number of nitrogens with two attached hydrogens (primary N) is 1. The predicted octanol–water partition coefficient (Wildman–Crippen LogP) is 1.46. The van der Waals surface area contributed by atoms with Gasteiger partial charge in [-0.2, -0.15) is 26.3 Å². The zero-order valence-corrected chi connectivity index (χ0v) is 12.3. The molecule has 0 aliphatic rings. The molecule has 0 aliphatic heterocycles. The van der Waals surface area contributed by atoms with Gasteiger partial charge in [-0.05, 0) is 13.3 Å². The van der Waals surface area contributed by atoms with Crippen LogP contribution in [0.1, 0.15) is 26.7 Å². The van der Waals surface area contributed by atoms with Crippen molar-refractivity contribution in [1.29, 1.82) is 0 Å². The normalized spacial score (nSPS) is 17.8. The van der Waals surface area contributed by atoms with Crippen molar-refractivity contribution in [2.75, 3.05) is 0 Å². The average molecular weight is 366 g/mol. The van der Waals surface area contributed by atoms with Crippen molar-refractivity contribution in [3.8, 4) is 0 Å². The largest absolute Gasteiger partial charge is 0.512 e. The zero-order chi connectivity index (χ0) is 17.5. The summed E-state index contributed by atoms with van der Waals surface area (Å²) < 4.78 is 118. The van der Waals surface area contributed by atoms with E-state index in [9.17, 15) is 43.2 Å². The Balaban J connectivity index is 6.50. The van der Waals surface area contributed by atoms with Crippen LogP contribution in [-0.2, 0) is 20.0 Å². The van der Waals surface area contributed by atoms with Gasteiger partial charge in [0.1, 0.15) is 0 Å². The smallest absolute Gasteiger partial charge is 0.312 e. The number of nitrogens with zero attached hydrogens (tertiary/aromatic N) is 1. The molecule has 0 aromatic heterocycles. The fourth-order valence-corrected chi connectivity index (χ4v) is 4.66. The van der Waals surface area contributed by atoms with E-state index in [0.717, 1.165) is 0 Å². The standard InChI is InChI=1S/C7H12F6N2O4S2/c1-3-4-5(2,14)15(20(16,17)6(8,9)10)21(18,19)7(11,12)13/h3-4,14H2,1-2H3. The van der Waals surface area contributed by atoms with Gasteiger partial charge in [-0.15, -0.1) is 0 Å². The number of alkyl halides is 6. The van der Waals surface area contributed by atoms with Crippen LogP contribution in [0.5, 0.6) is 0 Å². The maximum atomic E-state index is 12.5. The quantitative estimate of drug-likeness (QED) is 0.587. The van der Waals surface area contributed by atoms with E-state index in [1.807, 2.05) is 0 Å². The van der Waals surface area contributed by atoms with E-state index < -0.39 is 46.9 Å². The molecular formula is C7H12F6N2O4S2. The molecule has 0 amide bonds. The summed E-state index contributed by atoms with van der Waals surface area (Å²) in [6.45, 7) is 1.72. The van der Waals surface area contributed by atoms with E-state index in [-0.39, 0.29) is 6.42 Å². The first-order chi connectivity index (χ1) is 8.93. The van der Waals surface area contributed by atoms with E-state index in [1.165, 1.54) is 6.92 Å². The Bertz CT molecular complexity index is 533. The van der Waals surface area contributed by atoms with Crippen molar-refractivity contribution in [2.24, 2.45) is 5.73 Å². The molecule has 0 saturated heterocycles. The van der Waals surface area contributed by atoms with Gasteiger partial charge in [0, 0.05) is 0 Å². The molecule has 0 spiro atoms. The van der Waals surface area contributed by atoms with Gasteiger partial charge >= 0.3 is 31.1 Å². The molecule has 0 aromatic carbocycles. The Kier molecular flexibility index (Phi) is 5.39. The molecule has 1 atom stereocenters. The Hall–Kier alpha value is -0.600. The topological polar surface area (TPSA) is 97.5 Å². The average Bonchev–Trinajstić information content (AvgIpc) is 2.10. The van der Waals surface area contributed by atoms with E-state index in [2.05, 4.69) is 0 Å². The lowest BCUT2D eigenvalue weighted by Gasteiger charge is -2.36. The first-order valence-corrected chi connectivity index (χ1v) is 8.03. The highest BCUT2D eigenvalue weighted by Gasteiger charge is 2.65. The number of hydrogen-bond acceptors (Lipinski definition) is 5. The molecule has 0 radical (unpaired) electrons. The van der Waals surface area contributed by atoms with Crippen LogP contribution in [0.15, 0.2) is 0 Å². The molecule has 0 aromatic rings. The summed E-state index contributed by atoms with van der Waals surface area (Å²) in [7, 11) is -13.7. The lowest BCUT2D eigenvalue weighted by molar-refractivity contribution is -0.0568. The van der Waals surface area contributed by atoms with Crippen molar-refractivity contribution >= 4 is 20.0 Å². The van der Waals surface area contributed by atoms with Crippen molar-refractivity contribution in [2.45, 2.75) is 43.4 Å². The Morgan fingerprint density at radius 2 is 1.19 bits per heavy atom. The van der Waals surface area contributed by atoms with Crippen molar-refractivity contribution < 1.29 is 43.2 Å². The van der Waals surface area contributed by atoms with Gasteiger partial charge in [-0.1, -0.05) is 17.1 Å². The van der Waals surface area contributed by atoms with Crippen molar-refractivity contribution in [3.63, 3.8) is 0 Å². The Labute approximate surface area is 117 Å². The summed E-state index contributed by atoms with van der Waals surface area (Å²) in [5, 5.41) is 0. The van der Waals surface area contributed by atoms with E-state index in [0.29, 0.717) is 6.92 Å². The molecule has 0 heterocycles. The molecule has 0 saturated carbocycles. The lowest BCUT2D eigenvalue weighted by atomic mass is 10.1. The zero-order valence-electron chi connectivity index (χ0n) is 10.7. The van der Waals surface area contributed by atoms with Crippen LogP contribution in [0.2, 0.25) is 0 Å². The molecule has 0 aliphatic carbocycles. The minimum Gasteiger partial charge on any atom is -0.312 e. The van der Waals surface area contributed by atoms with Gasteiger partial charge in [0.2, 0.25) is 0 Å². The number of hydrogen-bond donors (Lipinski definition) is 1. The van der Waals surface area contributed by atoms with Crippen molar-refractivity contribution in [3.05, 3.63) is 0 Å². The van der Waals surface area contributed by atoms with Gasteiger partial charge < -0.3 is 5.73 Å². The van der Waals surface area contributed by atoms with Gasteiger partial charge in [0.15, 0.2) is 0 Å². The fraction of sp³-hybridized carbons (Fsp3) is 1.00. The molecule has 0 fully saturated rings. The molecule has 1 unspecified atom stereocenters. The second-order valence-electron chi connectivity index (χ2n) is 4.21. The van der Waals surface area contributed by atoms with Gasteiger partial charge in [-0.25, -0.2) is 16.8 Å². The Morgan fingerprint density at radius 3 is 1.38 bits per heavy atom. The van der Waals surface area contributed by atoms with Crippen LogP contribution < -0.4 is 5.73 Å². The molecular weight excluding hydrogens is 354 g/mol. The number of sulfonamides is 2. The maximum absolute atomic E-state index is 12.5. The third-order valence-corrected chi connectivity index (χ3v) is 6.25. The third kappa shape index (κ3) is 3.78. The first-order valence-electron chi connectivity index (χ1n) is 5.15. The fourth-order valence-electron chi connectivity index (χ4n) is 1.46. The molecule has 21 heavy (non-hydrogen) atoms. The Morgan fingerprint density at radius 1 is 0.905 bits per heavy atom. The summed E-state index contributed by atoms with van der Waals surface area (Å²) in [4.78, 5) is 0. The second kappa shape index (κ2) is 5.55. The van der Waals surface area contributed by atoms with E-state index >= 15 is 0 Å². The molecule has 2 N–H and O–H groups in total. The highest BCUT2D eigenvalue weighted by atomic mass is 32.3. The summed E-state index contributed by atoms with van der Waals surface area (Å²) in [5.41, 5.74) is -10.4. The molecule has 0 bridgehead atoms. The minimum atomic E-state index is -6.86. The summed E-state index contributed by atoms with van der Waals surface area (Å²) in [6, 6.07) is 0.